The highest BCUT2D eigenvalue weighted by Gasteiger charge is 2.37. The van der Waals surface area contributed by atoms with Crippen LogP contribution in [0.5, 0.6) is 5.75 Å². The number of esters is 1. The Morgan fingerprint density at radius 2 is 1.79 bits per heavy atom. The van der Waals surface area contributed by atoms with Gasteiger partial charge in [0.15, 0.2) is 6.10 Å². The number of hydrogen-bond donors (Lipinski definition) is 0. The molecule has 1 fully saturated rings. The van der Waals surface area contributed by atoms with Gasteiger partial charge in [0.2, 0.25) is 11.7 Å². The molecule has 6 nitrogen and oxygen atoms in total. The molecule has 2 aromatic carbocycles. The number of carbonyl (C=O) groups excluding carboxylic acids is 3. The predicted octanol–water partition coefficient (Wildman–Crippen LogP) is 3.25. The van der Waals surface area contributed by atoms with Gasteiger partial charge in [-0.25, -0.2) is 0 Å². The van der Waals surface area contributed by atoms with Crippen molar-refractivity contribution in [3.8, 4) is 5.75 Å². The van der Waals surface area contributed by atoms with Crippen LogP contribution in [-0.4, -0.2) is 36.9 Å². The number of ether oxygens (including phenoxy) is 2. The third-order valence-electron chi connectivity index (χ3n) is 4.64. The van der Waals surface area contributed by atoms with E-state index in [1.807, 2.05) is 13.0 Å². The number of rotatable bonds is 7. The van der Waals surface area contributed by atoms with Crippen LogP contribution in [0.1, 0.15) is 30.6 Å². The van der Waals surface area contributed by atoms with Gasteiger partial charge < -0.3 is 14.4 Å². The molecular weight excluding hydrogens is 358 g/mol. The molecule has 1 aliphatic heterocycles. The van der Waals surface area contributed by atoms with Gasteiger partial charge in [0.1, 0.15) is 5.75 Å². The van der Waals surface area contributed by atoms with Gasteiger partial charge in [-0.2, -0.15) is 0 Å². The number of carbonyl (C=O) groups is 3. The number of benzene rings is 2. The first-order valence-corrected chi connectivity index (χ1v) is 9.32. The first kappa shape index (κ1) is 19.6. The second-order valence-electron chi connectivity index (χ2n) is 6.64. The van der Waals surface area contributed by atoms with Crippen molar-refractivity contribution in [3.05, 3.63) is 60.2 Å². The van der Waals surface area contributed by atoms with Gasteiger partial charge in [-0.05, 0) is 38.1 Å². The topological polar surface area (TPSA) is 72.9 Å². The van der Waals surface area contributed by atoms with Gasteiger partial charge in [-0.15, -0.1) is 0 Å². The van der Waals surface area contributed by atoms with E-state index in [0.717, 1.165) is 5.75 Å². The Hall–Kier alpha value is -3.15. The molecule has 146 valence electrons. The molecule has 1 heterocycles. The summed E-state index contributed by atoms with van der Waals surface area (Å²) in [6, 6.07) is 15.8. The summed E-state index contributed by atoms with van der Waals surface area (Å²) in [7, 11) is 0. The van der Waals surface area contributed by atoms with Crippen LogP contribution < -0.4 is 9.64 Å². The quantitative estimate of drug-likeness (QED) is 0.544. The van der Waals surface area contributed by atoms with Crippen LogP contribution in [0.4, 0.5) is 5.69 Å². The maximum atomic E-state index is 12.5. The lowest BCUT2D eigenvalue weighted by atomic mass is 10.1. The minimum absolute atomic E-state index is 0.0678. The Morgan fingerprint density at radius 3 is 2.43 bits per heavy atom. The molecular formula is C22H23NO5. The largest absolute Gasteiger partial charge is 0.494 e. The fourth-order valence-electron chi connectivity index (χ4n) is 3.17. The molecule has 6 heteroatoms. The molecule has 2 atom stereocenters. The van der Waals surface area contributed by atoms with E-state index in [9.17, 15) is 14.4 Å². The van der Waals surface area contributed by atoms with E-state index in [0.29, 0.717) is 17.9 Å². The Balaban J connectivity index is 1.61. The highest BCUT2D eigenvalue weighted by atomic mass is 16.5. The standard InChI is InChI=1S/C22H23NO5/c1-3-27-19-11-9-18(10-12-19)23-14-17(13-20(23)24)22(26)28-15(2)21(25)16-7-5-4-6-8-16/h4-12,15,17H,3,13-14H2,1-2H3/t15-,17+/m1/s1. The minimum Gasteiger partial charge on any atom is -0.494 e. The van der Waals surface area contributed by atoms with Crippen molar-refractivity contribution in [3.63, 3.8) is 0 Å². The lowest BCUT2D eigenvalue weighted by Gasteiger charge is -2.18. The molecule has 1 aliphatic rings. The third-order valence-corrected chi connectivity index (χ3v) is 4.64. The molecule has 0 bridgehead atoms. The number of Topliss-reactive ketones (excluding diaryl/α,β-unsaturated/α-hetero) is 1. The Labute approximate surface area is 164 Å². The van der Waals surface area contributed by atoms with Crippen molar-refractivity contribution in [1.29, 1.82) is 0 Å². The van der Waals surface area contributed by atoms with Crippen LogP contribution in [0.3, 0.4) is 0 Å². The summed E-state index contributed by atoms with van der Waals surface area (Å²) in [4.78, 5) is 38.8. The normalized spacial score (nSPS) is 17.3. The maximum Gasteiger partial charge on any atom is 0.312 e. The van der Waals surface area contributed by atoms with E-state index in [-0.39, 0.29) is 24.7 Å². The fraction of sp³-hybridized carbons (Fsp3) is 0.318. The van der Waals surface area contributed by atoms with Gasteiger partial charge in [-0.1, -0.05) is 30.3 Å². The average Bonchev–Trinajstić information content (AvgIpc) is 3.10. The third kappa shape index (κ3) is 4.39. The van der Waals surface area contributed by atoms with Gasteiger partial charge in [0.05, 0.1) is 12.5 Å². The Kier molecular flexibility index (Phi) is 6.09. The highest BCUT2D eigenvalue weighted by Crippen LogP contribution is 2.28. The van der Waals surface area contributed by atoms with Crippen LogP contribution in [0.2, 0.25) is 0 Å². The molecule has 0 aromatic heterocycles. The lowest BCUT2D eigenvalue weighted by Crippen LogP contribution is -2.30. The first-order valence-electron chi connectivity index (χ1n) is 9.32. The van der Waals surface area contributed by atoms with Gasteiger partial charge in [0.25, 0.3) is 0 Å². The lowest BCUT2D eigenvalue weighted by molar-refractivity contribution is -0.151. The molecule has 0 unspecified atom stereocenters. The van der Waals surface area contributed by atoms with Crippen molar-refractivity contribution < 1.29 is 23.9 Å². The summed E-state index contributed by atoms with van der Waals surface area (Å²) in [5.41, 5.74) is 1.19. The summed E-state index contributed by atoms with van der Waals surface area (Å²) in [5, 5.41) is 0. The molecule has 0 radical (unpaired) electrons. The van der Waals surface area contributed by atoms with Crippen molar-refractivity contribution in [2.45, 2.75) is 26.4 Å². The SMILES string of the molecule is CCOc1ccc(N2C[C@@H](C(=O)O[C@H](C)C(=O)c3ccccc3)CC2=O)cc1. The highest BCUT2D eigenvalue weighted by molar-refractivity contribution is 6.02. The monoisotopic (exact) mass is 381 g/mol. The van der Waals surface area contributed by atoms with Crippen LogP contribution in [0.25, 0.3) is 0 Å². The number of anilines is 1. The molecule has 0 spiro atoms. The number of amides is 1. The molecule has 1 amide bonds. The van der Waals surface area contributed by atoms with E-state index >= 15 is 0 Å². The number of hydrogen-bond acceptors (Lipinski definition) is 5. The Bertz CT molecular complexity index is 847. The van der Waals surface area contributed by atoms with Gasteiger partial charge in [0, 0.05) is 24.2 Å². The number of ketones is 1. The number of nitrogens with zero attached hydrogens (tertiary/aromatic N) is 1. The van der Waals surface area contributed by atoms with Crippen molar-refractivity contribution >= 4 is 23.3 Å². The zero-order chi connectivity index (χ0) is 20.1. The van der Waals surface area contributed by atoms with Gasteiger partial charge >= 0.3 is 5.97 Å². The summed E-state index contributed by atoms with van der Waals surface area (Å²) < 4.78 is 10.7. The molecule has 28 heavy (non-hydrogen) atoms. The van der Waals surface area contributed by atoms with Crippen molar-refractivity contribution in [2.75, 3.05) is 18.1 Å². The molecule has 0 saturated carbocycles. The van der Waals surface area contributed by atoms with Crippen LogP contribution in [0.15, 0.2) is 54.6 Å². The van der Waals surface area contributed by atoms with Crippen LogP contribution >= 0.6 is 0 Å². The maximum absolute atomic E-state index is 12.5. The van der Waals surface area contributed by atoms with Crippen molar-refractivity contribution in [2.24, 2.45) is 5.92 Å². The smallest absolute Gasteiger partial charge is 0.312 e. The molecule has 0 N–H and O–H groups in total. The minimum atomic E-state index is -0.899. The van der Waals surface area contributed by atoms with Crippen LogP contribution in [0, 0.1) is 5.92 Å². The molecule has 2 aromatic rings. The average molecular weight is 381 g/mol. The van der Waals surface area contributed by atoms with Crippen LogP contribution in [-0.2, 0) is 14.3 Å². The summed E-state index contributed by atoms with van der Waals surface area (Å²) in [6.07, 6.45) is -0.831. The van der Waals surface area contributed by atoms with E-state index < -0.39 is 18.0 Å². The molecule has 1 saturated heterocycles. The van der Waals surface area contributed by atoms with Gasteiger partial charge in [-0.3, -0.25) is 14.4 Å². The van der Waals surface area contributed by atoms with Crippen molar-refractivity contribution in [1.82, 2.24) is 0 Å². The zero-order valence-corrected chi connectivity index (χ0v) is 16.0. The predicted molar refractivity (Wildman–Crippen MR) is 104 cm³/mol. The second kappa shape index (κ2) is 8.69. The Morgan fingerprint density at radius 1 is 1.11 bits per heavy atom. The first-order chi connectivity index (χ1) is 13.5. The molecule has 0 aliphatic carbocycles. The van der Waals surface area contributed by atoms with E-state index in [1.165, 1.54) is 0 Å². The second-order valence-corrected chi connectivity index (χ2v) is 6.64. The van der Waals surface area contributed by atoms with E-state index in [1.54, 1.807) is 60.4 Å². The molecule has 3 rings (SSSR count). The summed E-state index contributed by atoms with van der Waals surface area (Å²) in [6.45, 7) is 4.25. The summed E-state index contributed by atoms with van der Waals surface area (Å²) >= 11 is 0. The van der Waals surface area contributed by atoms with E-state index in [4.69, 9.17) is 9.47 Å². The summed E-state index contributed by atoms with van der Waals surface area (Å²) in [5.74, 6) is -0.805. The van der Waals surface area contributed by atoms with E-state index in [2.05, 4.69) is 0 Å². The zero-order valence-electron chi connectivity index (χ0n) is 16.0. The fourth-order valence-corrected chi connectivity index (χ4v) is 3.17.